The highest BCUT2D eigenvalue weighted by molar-refractivity contribution is 6.09. The number of carbonyl (C=O) groups is 3. The molecule has 0 spiro atoms. The van der Waals surface area contributed by atoms with Gasteiger partial charge >= 0.3 is 0 Å². The van der Waals surface area contributed by atoms with Crippen LogP contribution in [0.15, 0.2) is 72.8 Å². The Morgan fingerprint density at radius 2 is 1.54 bits per heavy atom. The van der Waals surface area contributed by atoms with Crippen LogP contribution >= 0.6 is 0 Å². The zero-order valence-corrected chi connectivity index (χ0v) is 21.3. The minimum Gasteiger partial charge on any atom is -0.379 e. The second kappa shape index (κ2) is 12.4. The van der Waals surface area contributed by atoms with Crippen LogP contribution in [0.25, 0.3) is 11.1 Å². The Hall–Kier alpha value is -3.81. The molecule has 3 aromatic carbocycles. The van der Waals surface area contributed by atoms with Crippen molar-refractivity contribution in [2.24, 2.45) is 5.92 Å². The fraction of sp³-hybridized carbons (Fsp3) is 0.300. The first kappa shape index (κ1) is 26.3. The number of nitrogens with one attached hydrogen (secondary N) is 2. The molecule has 1 aliphatic rings. The van der Waals surface area contributed by atoms with Crippen LogP contribution < -0.4 is 10.6 Å². The molecule has 192 valence electrons. The number of ether oxygens (including phenoxy) is 1. The van der Waals surface area contributed by atoms with Gasteiger partial charge in [0.1, 0.15) is 0 Å². The molecule has 0 atom stereocenters. The number of Topliss-reactive ketones (excluding diaryl/α,β-unsaturated/α-hetero) is 1. The van der Waals surface area contributed by atoms with Gasteiger partial charge in [-0.15, -0.1) is 0 Å². The van der Waals surface area contributed by atoms with Crippen LogP contribution in [0.4, 0.5) is 11.4 Å². The topological polar surface area (TPSA) is 87.7 Å². The molecular formula is C30H33N3O4. The van der Waals surface area contributed by atoms with Gasteiger partial charge in [-0.3, -0.25) is 19.3 Å². The molecule has 1 aliphatic heterocycles. The van der Waals surface area contributed by atoms with Crippen LogP contribution in [0, 0.1) is 5.92 Å². The number of morpholine rings is 1. The summed E-state index contributed by atoms with van der Waals surface area (Å²) in [7, 11) is 0. The molecule has 1 heterocycles. The van der Waals surface area contributed by atoms with Gasteiger partial charge in [0.25, 0.3) is 5.91 Å². The third kappa shape index (κ3) is 7.35. The van der Waals surface area contributed by atoms with Gasteiger partial charge < -0.3 is 15.4 Å². The van der Waals surface area contributed by atoms with Crippen molar-refractivity contribution in [3.63, 3.8) is 0 Å². The van der Waals surface area contributed by atoms with Crippen LogP contribution in [-0.4, -0.2) is 55.3 Å². The molecule has 4 rings (SSSR count). The van der Waals surface area contributed by atoms with E-state index in [9.17, 15) is 14.4 Å². The van der Waals surface area contributed by atoms with Crippen molar-refractivity contribution in [2.45, 2.75) is 20.3 Å². The number of hydrogen-bond donors (Lipinski definition) is 2. The quantitative estimate of drug-likeness (QED) is 0.400. The molecule has 0 unspecified atom stereocenters. The molecule has 0 aliphatic carbocycles. The van der Waals surface area contributed by atoms with Crippen LogP contribution in [0.1, 0.15) is 41.0 Å². The van der Waals surface area contributed by atoms with Crippen molar-refractivity contribution in [1.29, 1.82) is 0 Å². The summed E-state index contributed by atoms with van der Waals surface area (Å²) in [6.45, 7) is 6.68. The first-order valence-electron chi connectivity index (χ1n) is 12.6. The standard InChI is InChI=1S/C30H33N3O4/c1-21(2)18-28(34)26-13-10-24(19-27(26)32-29(35)20-33-14-16-37-17-15-33)30(36)31-25-11-8-23(9-12-25)22-6-4-3-5-7-22/h3-13,19,21H,14-18,20H2,1-2H3,(H,31,36)(H,32,35). The fourth-order valence-corrected chi connectivity index (χ4v) is 4.24. The normalized spacial score (nSPS) is 13.8. The van der Waals surface area contributed by atoms with E-state index >= 15 is 0 Å². The SMILES string of the molecule is CC(C)CC(=O)c1ccc(C(=O)Nc2ccc(-c3ccccc3)cc2)cc1NC(=O)CN1CCOCC1. The zero-order valence-electron chi connectivity index (χ0n) is 21.3. The van der Waals surface area contributed by atoms with Gasteiger partial charge in [-0.1, -0.05) is 56.3 Å². The first-order chi connectivity index (χ1) is 17.9. The molecule has 0 bridgehead atoms. The molecular weight excluding hydrogens is 466 g/mol. The van der Waals surface area contributed by atoms with Crippen molar-refractivity contribution in [1.82, 2.24) is 4.90 Å². The lowest BCUT2D eigenvalue weighted by atomic mass is 9.98. The Kier molecular flexibility index (Phi) is 8.82. The lowest BCUT2D eigenvalue weighted by molar-refractivity contribution is -0.118. The highest BCUT2D eigenvalue weighted by Gasteiger charge is 2.20. The van der Waals surface area contributed by atoms with Gasteiger partial charge in [0, 0.05) is 36.3 Å². The summed E-state index contributed by atoms with van der Waals surface area (Å²) in [5, 5.41) is 5.78. The fourth-order valence-electron chi connectivity index (χ4n) is 4.24. The highest BCUT2D eigenvalue weighted by Crippen LogP contribution is 2.24. The number of carbonyl (C=O) groups excluding carboxylic acids is 3. The summed E-state index contributed by atoms with van der Waals surface area (Å²) in [4.78, 5) is 40.7. The summed E-state index contributed by atoms with van der Waals surface area (Å²) < 4.78 is 5.34. The largest absolute Gasteiger partial charge is 0.379 e. The van der Waals surface area contributed by atoms with Crippen molar-refractivity contribution in [3.05, 3.63) is 83.9 Å². The Labute approximate surface area is 217 Å². The van der Waals surface area contributed by atoms with Gasteiger partial charge in [0.15, 0.2) is 5.78 Å². The molecule has 0 radical (unpaired) electrons. The molecule has 7 nitrogen and oxygen atoms in total. The number of rotatable bonds is 9. The maximum atomic E-state index is 13.1. The van der Waals surface area contributed by atoms with E-state index in [4.69, 9.17) is 4.74 Å². The number of amides is 2. The van der Waals surface area contributed by atoms with Crippen LogP contribution in [0.5, 0.6) is 0 Å². The van der Waals surface area contributed by atoms with E-state index in [0.29, 0.717) is 55.2 Å². The first-order valence-corrected chi connectivity index (χ1v) is 12.6. The lowest BCUT2D eigenvalue weighted by Gasteiger charge is -2.26. The molecule has 2 N–H and O–H groups in total. The summed E-state index contributed by atoms with van der Waals surface area (Å²) >= 11 is 0. The molecule has 2 amide bonds. The third-order valence-corrected chi connectivity index (χ3v) is 6.17. The Morgan fingerprint density at radius 1 is 0.865 bits per heavy atom. The van der Waals surface area contributed by atoms with Gasteiger partial charge in [-0.25, -0.2) is 0 Å². The number of benzene rings is 3. The monoisotopic (exact) mass is 499 g/mol. The van der Waals surface area contributed by atoms with E-state index < -0.39 is 0 Å². The predicted octanol–water partition coefficient (Wildman–Crippen LogP) is 5.11. The smallest absolute Gasteiger partial charge is 0.255 e. The molecule has 3 aromatic rings. The lowest BCUT2D eigenvalue weighted by Crippen LogP contribution is -2.41. The van der Waals surface area contributed by atoms with Gasteiger partial charge in [0.2, 0.25) is 5.91 Å². The predicted molar refractivity (Wildman–Crippen MR) is 146 cm³/mol. The Morgan fingerprint density at radius 3 is 2.22 bits per heavy atom. The minimum atomic E-state index is -0.320. The molecule has 1 saturated heterocycles. The van der Waals surface area contributed by atoms with Crippen LogP contribution in [-0.2, 0) is 9.53 Å². The average molecular weight is 500 g/mol. The number of nitrogens with zero attached hydrogens (tertiary/aromatic N) is 1. The number of ketones is 1. The molecule has 1 fully saturated rings. The Balaban J connectivity index is 1.50. The van der Waals surface area contributed by atoms with Crippen molar-refractivity contribution in [3.8, 4) is 11.1 Å². The Bertz CT molecular complexity index is 1230. The second-order valence-corrected chi connectivity index (χ2v) is 9.62. The second-order valence-electron chi connectivity index (χ2n) is 9.62. The average Bonchev–Trinajstić information content (AvgIpc) is 2.89. The van der Waals surface area contributed by atoms with Gasteiger partial charge in [0.05, 0.1) is 25.4 Å². The van der Waals surface area contributed by atoms with E-state index in [1.807, 2.05) is 73.3 Å². The van der Waals surface area contributed by atoms with E-state index in [0.717, 1.165) is 11.1 Å². The van der Waals surface area contributed by atoms with E-state index in [1.54, 1.807) is 18.2 Å². The maximum absolute atomic E-state index is 13.1. The van der Waals surface area contributed by atoms with Crippen molar-refractivity contribution >= 4 is 29.0 Å². The van der Waals surface area contributed by atoms with Crippen LogP contribution in [0.2, 0.25) is 0 Å². The van der Waals surface area contributed by atoms with E-state index in [1.165, 1.54) is 0 Å². The van der Waals surface area contributed by atoms with Gasteiger partial charge in [-0.05, 0) is 47.4 Å². The van der Waals surface area contributed by atoms with E-state index in [-0.39, 0.29) is 30.1 Å². The highest BCUT2D eigenvalue weighted by atomic mass is 16.5. The zero-order chi connectivity index (χ0) is 26.2. The number of anilines is 2. The van der Waals surface area contributed by atoms with Crippen molar-refractivity contribution < 1.29 is 19.1 Å². The van der Waals surface area contributed by atoms with Crippen molar-refractivity contribution in [2.75, 3.05) is 43.5 Å². The van der Waals surface area contributed by atoms with E-state index in [2.05, 4.69) is 10.6 Å². The summed E-state index contributed by atoms with van der Waals surface area (Å²) in [6.07, 6.45) is 0.353. The molecule has 0 aromatic heterocycles. The summed E-state index contributed by atoms with van der Waals surface area (Å²) in [6, 6.07) is 22.5. The van der Waals surface area contributed by atoms with Gasteiger partial charge in [-0.2, -0.15) is 0 Å². The third-order valence-electron chi connectivity index (χ3n) is 6.17. The molecule has 7 heteroatoms. The van der Waals surface area contributed by atoms with Crippen LogP contribution in [0.3, 0.4) is 0 Å². The molecule has 0 saturated carbocycles. The maximum Gasteiger partial charge on any atom is 0.255 e. The summed E-state index contributed by atoms with van der Waals surface area (Å²) in [5.74, 6) is -0.445. The molecule has 37 heavy (non-hydrogen) atoms. The minimum absolute atomic E-state index is 0.0693. The number of hydrogen-bond acceptors (Lipinski definition) is 5. The summed E-state index contributed by atoms with van der Waals surface area (Å²) in [5.41, 5.74) is 3.93.